The Labute approximate surface area is 94.5 Å². The second-order valence-corrected chi connectivity index (χ2v) is 2.72. The Hall–Kier alpha value is -0.0200. The molecule has 1 unspecified atom stereocenters. The van der Waals surface area contributed by atoms with E-state index in [0.717, 1.165) is 5.56 Å². The number of aliphatic hydroxyl groups excluding tert-OH is 1. The van der Waals surface area contributed by atoms with Crippen LogP contribution in [0.15, 0.2) is 24.3 Å². The molecule has 3 heteroatoms. The number of phenolic OH excluding ortho intramolecular Hbond substituents is 1. The van der Waals surface area contributed by atoms with Gasteiger partial charge in [-0.1, -0.05) is 12.1 Å². The molecule has 1 atom stereocenters. The zero-order chi connectivity index (χ0) is 8.27. The number of hydrogen-bond acceptors (Lipinski definition) is 2. The molecule has 0 fully saturated rings. The summed E-state index contributed by atoms with van der Waals surface area (Å²) in [4.78, 5) is 0. The summed E-state index contributed by atoms with van der Waals surface area (Å²) in [5, 5.41) is 18.1. The predicted octanol–water partition coefficient (Wildman–Crippen LogP) is 0.667. The fraction of sp³-hybridized carbons (Fsp3) is 0.333. The summed E-state index contributed by atoms with van der Waals surface area (Å²) in [5.74, 6) is 0.253. The average Bonchev–Trinajstić information content (AvgIpc) is 1.85. The van der Waals surface area contributed by atoms with Gasteiger partial charge in [-0.05, 0) is 31.0 Å². The first-order valence-corrected chi connectivity index (χ1v) is 3.64. The molecule has 1 rings (SSSR count). The van der Waals surface area contributed by atoms with Gasteiger partial charge in [0.15, 0.2) is 0 Å². The van der Waals surface area contributed by atoms with Gasteiger partial charge < -0.3 is 10.2 Å². The number of aromatic hydroxyl groups is 1. The maximum atomic E-state index is 9.04. The van der Waals surface area contributed by atoms with Crippen LogP contribution in [-0.2, 0) is 6.42 Å². The molecule has 0 aliphatic heterocycles. The van der Waals surface area contributed by atoms with Crippen molar-refractivity contribution in [2.45, 2.75) is 19.4 Å². The Morgan fingerprint density at radius 3 is 2.58 bits per heavy atom. The van der Waals surface area contributed by atoms with Crippen LogP contribution in [0.1, 0.15) is 12.5 Å². The molecule has 0 amide bonds. The number of benzene rings is 1. The molecule has 12 heavy (non-hydrogen) atoms. The van der Waals surface area contributed by atoms with Gasteiger partial charge in [-0.3, -0.25) is 0 Å². The van der Waals surface area contributed by atoms with Gasteiger partial charge in [0, 0.05) is 0 Å². The fourth-order valence-corrected chi connectivity index (χ4v) is 1.02. The number of hydrogen-bond donors (Lipinski definition) is 2. The van der Waals surface area contributed by atoms with Gasteiger partial charge in [0.2, 0.25) is 0 Å². The minimum absolute atomic E-state index is 0. The van der Waals surface area contributed by atoms with Crippen LogP contribution in [0.25, 0.3) is 0 Å². The first-order chi connectivity index (χ1) is 5.18. The Balaban J connectivity index is 0.00000121. The van der Waals surface area contributed by atoms with E-state index in [1.54, 1.807) is 25.1 Å². The Morgan fingerprint density at radius 1 is 1.42 bits per heavy atom. The first kappa shape index (κ1) is 12.0. The summed E-state index contributed by atoms with van der Waals surface area (Å²) < 4.78 is 0. The molecule has 2 N–H and O–H groups in total. The topological polar surface area (TPSA) is 40.5 Å². The van der Waals surface area contributed by atoms with E-state index in [2.05, 4.69) is 0 Å². The second-order valence-electron chi connectivity index (χ2n) is 2.72. The van der Waals surface area contributed by atoms with Crippen molar-refractivity contribution in [1.82, 2.24) is 0 Å². The molecule has 0 spiro atoms. The summed E-state index contributed by atoms with van der Waals surface area (Å²) in [5.41, 5.74) is 0.958. The van der Waals surface area contributed by atoms with Crippen LogP contribution in [0.2, 0.25) is 0 Å². The first-order valence-electron chi connectivity index (χ1n) is 3.64. The van der Waals surface area contributed by atoms with Gasteiger partial charge in [-0.2, -0.15) is 0 Å². The number of rotatable bonds is 2. The van der Waals surface area contributed by atoms with Crippen LogP contribution in [0, 0.1) is 0 Å². The molecule has 0 radical (unpaired) electrons. The molecule has 0 saturated carbocycles. The molecule has 62 valence electrons. The molecule has 1 aromatic rings. The summed E-state index contributed by atoms with van der Waals surface area (Å²) in [6.07, 6.45) is 0.241. The van der Waals surface area contributed by atoms with Crippen LogP contribution in [0.5, 0.6) is 5.75 Å². The van der Waals surface area contributed by atoms with Crippen LogP contribution < -0.4 is 0 Å². The molecule has 2 nitrogen and oxygen atoms in total. The standard InChI is InChI=1S/C9H12O2.Na.H/c1-7(10)5-8-3-2-4-9(11)6-8;;/h2-4,6-7,10-11H,5H2,1H3;;. The molecule has 0 heterocycles. The van der Waals surface area contributed by atoms with Crippen LogP contribution >= 0.6 is 0 Å². The monoisotopic (exact) mass is 176 g/mol. The maximum absolute atomic E-state index is 9.04. The molecule has 0 aliphatic carbocycles. The van der Waals surface area contributed by atoms with Crippen molar-refractivity contribution < 1.29 is 10.2 Å². The molecular weight excluding hydrogens is 163 g/mol. The molecule has 0 saturated heterocycles. The van der Waals surface area contributed by atoms with Crippen molar-refractivity contribution in [3.63, 3.8) is 0 Å². The van der Waals surface area contributed by atoms with Gasteiger partial charge in [-0.15, -0.1) is 0 Å². The fourth-order valence-electron chi connectivity index (χ4n) is 1.02. The quantitative estimate of drug-likeness (QED) is 0.650. The van der Waals surface area contributed by atoms with Crippen molar-refractivity contribution in [2.24, 2.45) is 0 Å². The van der Waals surface area contributed by atoms with E-state index in [1.807, 2.05) is 6.07 Å². The van der Waals surface area contributed by atoms with Crippen LogP contribution in [-0.4, -0.2) is 45.9 Å². The third-order valence-electron chi connectivity index (χ3n) is 1.44. The van der Waals surface area contributed by atoms with Gasteiger partial charge in [0.1, 0.15) is 5.75 Å². The summed E-state index contributed by atoms with van der Waals surface area (Å²) in [6.45, 7) is 1.73. The third kappa shape index (κ3) is 4.12. The molecule has 0 bridgehead atoms. The summed E-state index contributed by atoms with van der Waals surface area (Å²) in [7, 11) is 0. The van der Waals surface area contributed by atoms with E-state index in [-0.39, 0.29) is 41.4 Å². The molecule has 0 aromatic heterocycles. The van der Waals surface area contributed by atoms with Gasteiger partial charge in [0.25, 0.3) is 0 Å². The average molecular weight is 176 g/mol. The molecule has 0 aliphatic rings. The molecular formula is C9H13NaO2. The van der Waals surface area contributed by atoms with E-state index in [4.69, 9.17) is 10.2 Å². The van der Waals surface area contributed by atoms with Crippen LogP contribution in [0.3, 0.4) is 0 Å². The number of phenols is 1. The van der Waals surface area contributed by atoms with Gasteiger partial charge in [0.05, 0.1) is 6.10 Å². The Kier molecular flexibility index (Phi) is 5.59. The van der Waals surface area contributed by atoms with Gasteiger partial charge in [-0.25, -0.2) is 0 Å². The van der Waals surface area contributed by atoms with Gasteiger partial charge >= 0.3 is 29.6 Å². The second kappa shape index (κ2) is 5.60. The van der Waals surface area contributed by atoms with E-state index >= 15 is 0 Å². The SMILES string of the molecule is CC(O)Cc1cccc(O)c1.[NaH]. The van der Waals surface area contributed by atoms with Crippen molar-refractivity contribution >= 4 is 29.6 Å². The zero-order valence-corrected chi connectivity index (χ0v) is 6.49. The van der Waals surface area contributed by atoms with Crippen molar-refractivity contribution in [1.29, 1.82) is 0 Å². The normalized spacial score (nSPS) is 11.8. The summed E-state index contributed by atoms with van der Waals surface area (Å²) >= 11 is 0. The van der Waals surface area contributed by atoms with E-state index in [1.165, 1.54) is 0 Å². The Morgan fingerprint density at radius 2 is 2.08 bits per heavy atom. The number of aliphatic hydroxyl groups is 1. The summed E-state index contributed by atoms with van der Waals surface area (Å²) in [6, 6.07) is 6.93. The van der Waals surface area contributed by atoms with Crippen molar-refractivity contribution in [3.05, 3.63) is 29.8 Å². The molecule has 1 aromatic carbocycles. The van der Waals surface area contributed by atoms with Crippen molar-refractivity contribution in [2.75, 3.05) is 0 Å². The van der Waals surface area contributed by atoms with E-state index < -0.39 is 0 Å². The Bertz CT molecular complexity index is 236. The minimum atomic E-state index is -0.350. The van der Waals surface area contributed by atoms with Crippen LogP contribution in [0.4, 0.5) is 0 Å². The van der Waals surface area contributed by atoms with E-state index in [0.29, 0.717) is 6.42 Å². The zero-order valence-electron chi connectivity index (χ0n) is 6.49. The van der Waals surface area contributed by atoms with E-state index in [9.17, 15) is 0 Å². The third-order valence-corrected chi connectivity index (χ3v) is 1.44. The van der Waals surface area contributed by atoms with Crippen molar-refractivity contribution in [3.8, 4) is 5.75 Å². The predicted molar refractivity (Wildman–Crippen MR) is 50.6 cm³/mol.